The summed E-state index contributed by atoms with van der Waals surface area (Å²) in [5, 5.41) is 3.21. The highest BCUT2D eigenvalue weighted by atomic mass is 32.2. The Labute approximate surface area is 289 Å². The fourth-order valence-electron chi connectivity index (χ4n) is 6.24. The maximum Gasteiger partial charge on any atom is 0.264 e. The van der Waals surface area contributed by atoms with Crippen LogP contribution in [0.2, 0.25) is 0 Å². The molecule has 1 aliphatic carbocycles. The largest absolute Gasteiger partial charge is 0.493 e. The van der Waals surface area contributed by atoms with E-state index in [1.54, 1.807) is 24.3 Å². The summed E-state index contributed by atoms with van der Waals surface area (Å²) in [6.07, 6.45) is 4.11. The minimum Gasteiger partial charge on any atom is -0.493 e. The molecule has 0 spiro atoms. The van der Waals surface area contributed by atoms with Crippen molar-refractivity contribution >= 4 is 27.5 Å². The number of nitrogens with zero attached hydrogens (tertiary/aromatic N) is 2. The summed E-state index contributed by atoms with van der Waals surface area (Å²) in [7, 11) is -1.30. The van der Waals surface area contributed by atoms with Crippen molar-refractivity contribution in [3.05, 3.63) is 119 Å². The number of hydrogen-bond acceptors (Lipinski definition) is 6. The van der Waals surface area contributed by atoms with Crippen LogP contribution in [0.25, 0.3) is 0 Å². The Morgan fingerprint density at radius 3 is 2.14 bits per heavy atom. The van der Waals surface area contributed by atoms with Crippen LogP contribution < -0.4 is 19.1 Å². The molecule has 0 saturated heterocycles. The van der Waals surface area contributed by atoms with E-state index in [1.165, 1.54) is 37.3 Å². The molecule has 0 aliphatic heterocycles. The van der Waals surface area contributed by atoms with Gasteiger partial charge in [0.15, 0.2) is 11.5 Å². The summed E-state index contributed by atoms with van der Waals surface area (Å²) in [5.74, 6) is -0.0443. The number of ether oxygens (including phenoxy) is 2. The zero-order valence-corrected chi connectivity index (χ0v) is 29.4. The molecule has 4 aromatic carbocycles. The molecule has 1 saturated carbocycles. The van der Waals surface area contributed by atoms with Gasteiger partial charge in [0.05, 0.1) is 24.8 Å². The summed E-state index contributed by atoms with van der Waals surface area (Å²) in [4.78, 5) is 30.6. The molecule has 1 fully saturated rings. The Hall–Kier alpha value is -4.83. The number of methoxy groups -OCH3 is 2. The molecule has 49 heavy (non-hydrogen) atoms. The van der Waals surface area contributed by atoms with E-state index in [-0.39, 0.29) is 35.5 Å². The molecular weight excluding hydrogens is 639 g/mol. The fourth-order valence-corrected chi connectivity index (χ4v) is 7.64. The van der Waals surface area contributed by atoms with Gasteiger partial charge in [-0.2, -0.15) is 0 Å². The van der Waals surface area contributed by atoms with Crippen molar-refractivity contribution in [1.82, 2.24) is 10.2 Å². The van der Waals surface area contributed by atoms with E-state index in [0.29, 0.717) is 11.5 Å². The molecule has 0 heterocycles. The van der Waals surface area contributed by atoms with Crippen LogP contribution in [0.5, 0.6) is 11.5 Å². The van der Waals surface area contributed by atoms with E-state index in [4.69, 9.17) is 9.47 Å². The number of rotatable bonds is 14. The fraction of sp³-hybridized carbons (Fsp3) is 0.333. The number of carbonyl (C=O) groups excluding carboxylic acids is 2. The van der Waals surface area contributed by atoms with Crippen LogP contribution in [0, 0.1) is 13.8 Å². The Bertz CT molecular complexity index is 1840. The smallest absolute Gasteiger partial charge is 0.264 e. The second kappa shape index (κ2) is 16.0. The topological polar surface area (TPSA) is 105 Å². The number of anilines is 1. The molecule has 10 heteroatoms. The Morgan fingerprint density at radius 1 is 0.837 bits per heavy atom. The van der Waals surface area contributed by atoms with Gasteiger partial charge in [0, 0.05) is 25.1 Å². The number of amides is 2. The predicted octanol–water partition coefficient (Wildman–Crippen LogP) is 6.21. The van der Waals surface area contributed by atoms with Crippen molar-refractivity contribution in [1.29, 1.82) is 0 Å². The van der Waals surface area contributed by atoms with Gasteiger partial charge in [0.1, 0.15) is 12.6 Å². The number of benzene rings is 4. The lowest BCUT2D eigenvalue weighted by Crippen LogP contribution is -2.54. The number of carbonyl (C=O) groups is 2. The SMILES string of the molecule is COc1ccc(N(CC(=O)N(Cc2ccccc2C)[C@@H](Cc2ccccc2)C(=O)NC2CCCC2)S(=O)(=O)c2ccc(C)cc2)cc1OC. The van der Waals surface area contributed by atoms with Gasteiger partial charge in [-0.15, -0.1) is 0 Å². The summed E-state index contributed by atoms with van der Waals surface area (Å²) < 4.78 is 40.8. The summed E-state index contributed by atoms with van der Waals surface area (Å²) in [5.41, 5.74) is 3.83. The highest BCUT2D eigenvalue weighted by molar-refractivity contribution is 7.92. The van der Waals surface area contributed by atoms with Crippen LogP contribution in [0.3, 0.4) is 0 Å². The molecule has 0 bridgehead atoms. The third-order valence-corrected chi connectivity index (χ3v) is 10.9. The average molecular weight is 684 g/mol. The standard InChI is InChI=1S/C39H45N3O6S/c1-28-18-21-34(22-19-28)49(45,46)42(33-20-23-36(47-3)37(25-33)48-4)27-38(43)41(26-31-15-9-8-12-29(31)2)35(24-30-13-6-5-7-14-30)39(44)40-32-16-10-11-17-32/h5-9,12-15,18-23,25,32,35H,10-11,16-17,24,26-27H2,1-4H3,(H,40,44)/t35-/m0/s1. The lowest BCUT2D eigenvalue weighted by Gasteiger charge is -2.34. The van der Waals surface area contributed by atoms with Crippen molar-refractivity contribution in [3.8, 4) is 11.5 Å². The molecule has 0 radical (unpaired) electrons. The van der Waals surface area contributed by atoms with E-state index >= 15 is 0 Å². The van der Waals surface area contributed by atoms with E-state index in [1.807, 2.05) is 68.4 Å². The first-order chi connectivity index (χ1) is 23.6. The number of hydrogen-bond donors (Lipinski definition) is 1. The Kier molecular flexibility index (Phi) is 11.6. The molecule has 4 aromatic rings. The summed E-state index contributed by atoms with van der Waals surface area (Å²) in [6, 6.07) is 27.7. The first-order valence-electron chi connectivity index (χ1n) is 16.6. The predicted molar refractivity (Wildman–Crippen MR) is 191 cm³/mol. The van der Waals surface area contributed by atoms with Crippen molar-refractivity contribution < 1.29 is 27.5 Å². The zero-order valence-electron chi connectivity index (χ0n) is 28.6. The summed E-state index contributed by atoms with van der Waals surface area (Å²) in [6.45, 7) is 3.39. The monoisotopic (exact) mass is 683 g/mol. The second-order valence-corrected chi connectivity index (χ2v) is 14.4. The molecule has 1 atom stereocenters. The van der Waals surface area contributed by atoms with Crippen molar-refractivity contribution in [2.75, 3.05) is 25.1 Å². The number of sulfonamides is 1. The third-order valence-electron chi connectivity index (χ3n) is 9.12. The van der Waals surface area contributed by atoms with Gasteiger partial charge in [-0.05, 0) is 67.6 Å². The number of nitrogens with one attached hydrogen (secondary N) is 1. The van der Waals surface area contributed by atoms with Crippen molar-refractivity contribution in [2.45, 2.75) is 69.5 Å². The van der Waals surface area contributed by atoms with E-state index in [2.05, 4.69) is 5.32 Å². The van der Waals surface area contributed by atoms with Gasteiger partial charge in [-0.3, -0.25) is 13.9 Å². The zero-order chi connectivity index (χ0) is 35.0. The molecule has 0 unspecified atom stereocenters. The van der Waals surface area contributed by atoms with Crippen molar-refractivity contribution in [2.24, 2.45) is 0 Å². The van der Waals surface area contributed by atoms with E-state index in [0.717, 1.165) is 52.2 Å². The highest BCUT2D eigenvalue weighted by Gasteiger charge is 2.36. The normalized spacial score (nSPS) is 13.8. The lowest BCUT2D eigenvalue weighted by atomic mass is 10.0. The van der Waals surface area contributed by atoms with Gasteiger partial charge in [-0.1, -0.05) is 85.1 Å². The first kappa shape index (κ1) is 35.5. The molecule has 258 valence electrons. The Balaban J connectivity index is 1.60. The molecule has 9 nitrogen and oxygen atoms in total. The van der Waals surface area contributed by atoms with E-state index in [9.17, 15) is 18.0 Å². The maximum atomic E-state index is 14.8. The van der Waals surface area contributed by atoms with Crippen LogP contribution in [0.15, 0.2) is 102 Å². The van der Waals surface area contributed by atoms with E-state index < -0.39 is 28.5 Å². The Morgan fingerprint density at radius 2 is 1.49 bits per heavy atom. The summed E-state index contributed by atoms with van der Waals surface area (Å²) >= 11 is 0. The molecular formula is C39H45N3O6S. The number of aryl methyl sites for hydroxylation is 2. The second-order valence-electron chi connectivity index (χ2n) is 12.5. The van der Waals surface area contributed by atoms with Crippen LogP contribution in [0.4, 0.5) is 5.69 Å². The minimum atomic E-state index is -4.26. The first-order valence-corrected chi connectivity index (χ1v) is 18.0. The van der Waals surface area contributed by atoms with Crippen LogP contribution in [0.1, 0.15) is 47.9 Å². The minimum absolute atomic E-state index is 0.0333. The average Bonchev–Trinajstić information content (AvgIpc) is 3.62. The van der Waals surface area contributed by atoms with Crippen LogP contribution in [-0.4, -0.2) is 58.0 Å². The van der Waals surface area contributed by atoms with Gasteiger partial charge < -0.3 is 19.7 Å². The molecule has 5 rings (SSSR count). The van der Waals surface area contributed by atoms with Gasteiger partial charge >= 0.3 is 0 Å². The van der Waals surface area contributed by atoms with Crippen molar-refractivity contribution in [3.63, 3.8) is 0 Å². The maximum absolute atomic E-state index is 14.8. The van der Waals surface area contributed by atoms with Gasteiger partial charge in [-0.25, -0.2) is 8.42 Å². The highest BCUT2D eigenvalue weighted by Crippen LogP contribution is 2.34. The molecule has 1 aliphatic rings. The quantitative estimate of drug-likeness (QED) is 0.169. The molecule has 0 aromatic heterocycles. The van der Waals surface area contributed by atoms with Gasteiger partial charge in [0.2, 0.25) is 11.8 Å². The molecule has 2 amide bonds. The van der Waals surface area contributed by atoms with Crippen LogP contribution in [-0.2, 0) is 32.6 Å². The molecule has 1 N–H and O–H groups in total. The van der Waals surface area contributed by atoms with Crippen LogP contribution >= 0.6 is 0 Å². The van der Waals surface area contributed by atoms with Gasteiger partial charge in [0.25, 0.3) is 10.0 Å². The lowest BCUT2D eigenvalue weighted by molar-refractivity contribution is -0.140. The third kappa shape index (κ3) is 8.61.